The molecule has 0 radical (unpaired) electrons. The monoisotopic (exact) mass is 578 g/mol. The highest BCUT2D eigenvalue weighted by Crippen LogP contribution is 2.69. The molecule has 0 aromatic heterocycles. The van der Waals surface area contributed by atoms with Crippen LogP contribution in [0.25, 0.3) is 0 Å². The van der Waals surface area contributed by atoms with Gasteiger partial charge in [-0.05, 0) is 104 Å². The Kier molecular flexibility index (Phi) is 8.29. The van der Waals surface area contributed by atoms with Crippen molar-refractivity contribution in [3.63, 3.8) is 0 Å². The highest BCUT2D eigenvalue weighted by Gasteiger charge is 2.69. The molecule has 38 heavy (non-hydrogen) atoms. The summed E-state index contributed by atoms with van der Waals surface area (Å²) in [6.07, 6.45) is 9.05. The molecule has 4 fully saturated rings. The van der Waals surface area contributed by atoms with Gasteiger partial charge in [-0.1, -0.05) is 39.8 Å². The predicted octanol–water partition coefficient (Wildman–Crippen LogP) is 4.03. The first kappa shape index (κ1) is 30.4. The first-order chi connectivity index (χ1) is 17.4. The zero-order valence-electron chi connectivity index (χ0n) is 23.0. The topological polar surface area (TPSA) is 158 Å². The maximum absolute atomic E-state index is 12.4. The fourth-order valence-corrected chi connectivity index (χ4v) is 10.7. The SMILES string of the molecule is CC(C/C=C/[C@@H](C)[C@H]1CC[C@@H]2[C@]1(C)CC[C@@H]1[C@@]3(C)CC[C@@H](S(=O)(=O)O)C[C@@H]3C[C@@H](O)[C@]12O)COS(=O)(=O)O. The van der Waals surface area contributed by atoms with Crippen LogP contribution >= 0.6 is 0 Å². The summed E-state index contributed by atoms with van der Waals surface area (Å²) in [6, 6.07) is 0. The Morgan fingerprint density at radius 1 is 0.947 bits per heavy atom. The van der Waals surface area contributed by atoms with Crippen molar-refractivity contribution in [3.05, 3.63) is 12.2 Å². The third-order valence-corrected chi connectivity index (χ3v) is 13.1. The van der Waals surface area contributed by atoms with Crippen LogP contribution in [0.1, 0.15) is 85.5 Å². The number of allylic oxidation sites excluding steroid dienone is 2. The molecule has 4 aliphatic carbocycles. The molecule has 0 amide bonds. The highest BCUT2D eigenvalue weighted by molar-refractivity contribution is 7.86. The number of aliphatic hydroxyl groups excluding tert-OH is 1. The van der Waals surface area contributed by atoms with E-state index in [1.807, 2.05) is 13.0 Å². The molecule has 0 aromatic rings. The van der Waals surface area contributed by atoms with E-state index in [1.54, 1.807) is 0 Å². The lowest BCUT2D eigenvalue weighted by Crippen LogP contribution is -2.69. The summed E-state index contributed by atoms with van der Waals surface area (Å²) >= 11 is 0. The summed E-state index contributed by atoms with van der Waals surface area (Å²) in [7, 11) is -8.57. The quantitative estimate of drug-likeness (QED) is 0.246. The smallest absolute Gasteiger partial charge is 0.390 e. The molecule has 220 valence electrons. The molecule has 11 heteroatoms. The van der Waals surface area contributed by atoms with E-state index < -0.39 is 37.5 Å². The number of rotatable bonds is 8. The minimum absolute atomic E-state index is 0.0521. The van der Waals surface area contributed by atoms with E-state index in [9.17, 15) is 31.6 Å². The van der Waals surface area contributed by atoms with Gasteiger partial charge in [0, 0.05) is 0 Å². The van der Waals surface area contributed by atoms with Crippen LogP contribution in [-0.2, 0) is 24.7 Å². The average molecular weight is 579 g/mol. The van der Waals surface area contributed by atoms with Crippen LogP contribution in [0.4, 0.5) is 0 Å². The van der Waals surface area contributed by atoms with Crippen molar-refractivity contribution in [1.29, 1.82) is 0 Å². The molecule has 0 spiro atoms. The molecule has 4 saturated carbocycles. The summed E-state index contributed by atoms with van der Waals surface area (Å²) in [5.41, 5.74) is -1.64. The molecule has 0 bridgehead atoms. The van der Waals surface area contributed by atoms with Crippen LogP contribution < -0.4 is 0 Å². The van der Waals surface area contributed by atoms with Crippen molar-refractivity contribution < 1.29 is 40.3 Å². The lowest BCUT2D eigenvalue weighted by Gasteiger charge is -2.66. The molecule has 0 aromatic carbocycles. The summed E-state index contributed by atoms with van der Waals surface area (Å²) in [4.78, 5) is 0. The van der Waals surface area contributed by atoms with Crippen LogP contribution in [0.15, 0.2) is 12.2 Å². The molecule has 1 unspecified atom stereocenters. The zero-order valence-corrected chi connectivity index (χ0v) is 24.6. The number of hydrogen-bond donors (Lipinski definition) is 4. The van der Waals surface area contributed by atoms with E-state index in [1.165, 1.54) is 0 Å². The van der Waals surface area contributed by atoms with Gasteiger partial charge in [-0.25, -0.2) is 4.18 Å². The van der Waals surface area contributed by atoms with E-state index in [4.69, 9.17) is 4.55 Å². The minimum Gasteiger partial charge on any atom is -0.390 e. The van der Waals surface area contributed by atoms with Gasteiger partial charge >= 0.3 is 10.4 Å². The Morgan fingerprint density at radius 3 is 2.21 bits per heavy atom. The molecular weight excluding hydrogens is 532 g/mol. The zero-order chi connectivity index (χ0) is 28.3. The van der Waals surface area contributed by atoms with Gasteiger partial charge in [-0.2, -0.15) is 16.8 Å². The van der Waals surface area contributed by atoms with Gasteiger partial charge in [0.2, 0.25) is 0 Å². The molecular formula is C27H46O9S2. The number of fused-ring (bicyclic) bond motifs is 5. The van der Waals surface area contributed by atoms with Gasteiger partial charge in [0.15, 0.2) is 0 Å². The second-order valence-corrected chi connectivity index (χ2v) is 16.2. The van der Waals surface area contributed by atoms with Gasteiger partial charge in [0.1, 0.15) is 0 Å². The van der Waals surface area contributed by atoms with Crippen molar-refractivity contribution >= 4 is 20.5 Å². The first-order valence-electron chi connectivity index (χ1n) is 14.1. The van der Waals surface area contributed by atoms with E-state index in [-0.39, 0.29) is 47.0 Å². The third kappa shape index (κ3) is 5.37. The number of hydrogen-bond acceptors (Lipinski definition) is 7. The second-order valence-electron chi connectivity index (χ2n) is 13.4. The Hall–Kier alpha value is -0.560. The highest BCUT2D eigenvalue weighted by atomic mass is 32.3. The van der Waals surface area contributed by atoms with Crippen molar-refractivity contribution in [3.8, 4) is 0 Å². The largest absolute Gasteiger partial charge is 0.397 e. The minimum atomic E-state index is -4.44. The summed E-state index contributed by atoms with van der Waals surface area (Å²) in [6.45, 7) is 8.36. The Balaban J connectivity index is 1.48. The normalized spacial score (nSPS) is 45.3. The predicted molar refractivity (Wildman–Crippen MR) is 143 cm³/mol. The van der Waals surface area contributed by atoms with Gasteiger partial charge in [-0.15, -0.1) is 0 Å². The lowest BCUT2D eigenvalue weighted by molar-refractivity contribution is -0.267. The van der Waals surface area contributed by atoms with Crippen LogP contribution in [0, 0.1) is 46.3 Å². The molecule has 4 aliphatic rings. The van der Waals surface area contributed by atoms with Gasteiger partial charge in [0.25, 0.3) is 10.1 Å². The lowest BCUT2D eigenvalue weighted by atomic mass is 9.42. The maximum Gasteiger partial charge on any atom is 0.397 e. The van der Waals surface area contributed by atoms with Crippen molar-refractivity contribution in [1.82, 2.24) is 0 Å². The van der Waals surface area contributed by atoms with Crippen LogP contribution in [0.5, 0.6) is 0 Å². The first-order valence-corrected chi connectivity index (χ1v) is 16.9. The summed E-state index contributed by atoms with van der Waals surface area (Å²) < 4.78 is 68.3. The van der Waals surface area contributed by atoms with E-state index in [0.717, 1.165) is 25.7 Å². The molecule has 9 nitrogen and oxygen atoms in total. The Labute approximate surface area is 228 Å². The van der Waals surface area contributed by atoms with Gasteiger partial charge < -0.3 is 10.2 Å². The summed E-state index contributed by atoms with van der Waals surface area (Å²) in [5, 5.41) is 23.0. The van der Waals surface area contributed by atoms with Gasteiger partial charge in [0.05, 0.1) is 23.6 Å². The van der Waals surface area contributed by atoms with Crippen LogP contribution in [0.2, 0.25) is 0 Å². The van der Waals surface area contributed by atoms with Crippen molar-refractivity contribution in [2.24, 2.45) is 46.3 Å². The fourth-order valence-electron chi connectivity index (χ4n) is 9.36. The summed E-state index contributed by atoms with van der Waals surface area (Å²) in [5.74, 6) is 0.255. The maximum atomic E-state index is 12.4. The standard InChI is InChI=1S/C27H46O9S2/c1-17(16-36-38(33,34)35)6-5-7-18(2)21-8-9-22-26(21,4)13-11-23-25(3)12-10-20(37(30,31)32)14-19(25)15-24(28)27(22,23)29/h5,7,17-24,28-29H,6,8-16H2,1-4H3,(H,30,31,32)(H,33,34,35)/b7-5+/t17?,18-,19-,20-,21-,22-,23-,24-,25+,26-,27-/m1/s1. The van der Waals surface area contributed by atoms with E-state index >= 15 is 0 Å². The average Bonchev–Trinajstić information content (AvgIpc) is 3.15. The molecule has 0 heterocycles. The Morgan fingerprint density at radius 2 is 1.58 bits per heavy atom. The fraction of sp³-hybridized carbons (Fsp3) is 0.926. The third-order valence-electron chi connectivity index (χ3n) is 11.4. The second kappa shape index (κ2) is 10.4. The molecule has 0 aliphatic heterocycles. The Bertz CT molecular complexity index is 1120. The van der Waals surface area contributed by atoms with Crippen molar-refractivity contribution in [2.45, 2.75) is 102 Å². The molecule has 4 N–H and O–H groups in total. The van der Waals surface area contributed by atoms with Crippen LogP contribution in [0.3, 0.4) is 0 Å². The number of aliphatic hydroxyl groups is 2. The molecule has 4 rings (SSSR count). The van der Waals surface area contributed by atoms with Crippen LogP contribution in [-0.4, -0.2) is 59.7 Å². The molecule has 11 atom stereocenters. The molecule has 0 saturated heterocycles. The van der Waals surface area contributed by atoms with E-state index in [2.05, 4.69) is 31.0 Å². The van der Waals surface area contributed by atoms with Crippen molar-refractivity contribution in [2.75, 3.05) is 6.61 Å². The van der Waals surface area contributed by atoms with E-state index in [0.29, 0.717) is 38.0 Å². The van der Waals surface area contributed by atoms with Gasteiger partial charge in [-0.3, -0.25) is 9.11 Å².